The Kier molecular flexibility index (Phi) is 9.20. The number of carbonyl (C=O) groups is 1. The van der Waals surface area contributed by atoms with Gasteiger partial charge in [-0.2, -0.15) is 0 Å². The summed E-state index contributed by atoms with van der Waals surface area (Å²) in [5.41, 5.74) is 7.02. The first-order valence-electron chi connectivity index (χ1n) is 10.3. The Labute approximate surface area is 167 Å². The number of primary amides is 1. The minimum atomic E-state index is -0.184. The zero-order chi connectivity index (χ0) is 20.4. The molecule has 2 rings (SSSR count). The van der Waals surface area contributed by atoms with Crippen LogP contribution in [0.15, 0.2) is 23.2 Å². The van der Waals surface area contributed by atoms with E-state index in [1.807, 2.05) is 13.0 Å². The standard InChI is InChI=1S/C21H34FN5O/c1-3-24-21(26-15-17-6-7-19(22)16(2)14-17)25-10-4-5-11-27-12-8-18(9-13-27)20(23)28/h6-7,14,18H,3-5,8-13,15H2,1-2H3,(H2,23,28)(H2,24,25,26). The number of nitrogens with one attached hydrogen (secondary N) is 2. The van der Waals surface area contributed by atoms with E-state index >= 15 is 0 Å². The second-order valence-corrected chi connectivity index (χ2v) is 7.43. The maximum atomic E-state index is 13.4. The number of rotatable bonds is 9. The Morgan fingerprint density at radius 2 is 2.04 bits per heavy atom. The van der Waals surface area contributed by atoms with Crippen molar-refractivity contribution < 1.29 is 9.18 Å². The molecule has 1 amide bonds. The van der Waals surface area contributed by atoms with Crippen molar-refractivity contribution in [1.29, 1.82) is 0 Å². The highest BCUT2D eigenvalue weighted by atomic mass is 19.1. The van der Waals surface area contributed by atoms with E-state index in [1.165, 1.54) is 6.07 Å². The molecule has 0 aromatic heterocycles. The average Bonchev–Trinajstić information content (AvgIpc) is 2.68. The van der Waals surface area contributed by atoms with Crippen LogP contribution in [0.25, 0.3) is 0 Å². The summed E-state index contributed by atoms with van der Waals surface area (Å²) in [4.78, 5) is 18.2. The van der Waals surface area contributed by atoms with Crippen molar-refractivity contribution in [3.05, 3.63) is 35.1 Å². The summed E-state index contributed by atoms with van der Waals surface area (Å²) < 4.78 is 13.4. The molecule has 156 valence electrons. The fraction of sp³-hybridized carbons (Fsp3) is 0.619. The van der Waals surface area contributed by atoms with Crippen molar-refractivity contribution >= 4 is 11.9 Å². The van der Waals surface area contributed by atoms with Gasteiger partial charge in [-0.15, -0.1) is 0 Å². The van der Waals surface area contributed by atoms with Gasteiger partial charge < -0.3 is 21.3 Å². The summed E-state index contributed by atoms with van der Waals surface area (Å²) in [5.74, 6) is 0.500. The van der Waals surface area contributed by atoms with Crippen LogP contribution in [0, 0.1) is 18.7 Å². The fourth-order valence-corrected chi connectivity index (χ4v) is 3.43. The molecule has 1 saturated heterocycles. The van der Waals surface area contributed by atoms with Crippen LogP contribution in [0.5, 0.6) is 0 Å². The lowest BCUT2D eigenvalue weighted by molar-refractivity contribution is -0.123. The van der Waals surface area contributed by atoms with Crippen molar-refractivity contribution in [2.45, 2.75) is 46.1 Å². The second-order valence-electron chi connectivity index (χ2n) is 7.43. The zero-order valence-corrected chi connectivity index (χ0v) is 17.1. The average molecular weight is 392 g/mol. The number of carbonyl (C=O) groups excluding carboxylic acids is 1. The van der Waals surface area contributed by atoms with Gasteiger partial charge in [0.25, 0.3) is 0 Å². The molecule has 1 aromatic carbocycles. The van der Waals surface area contributed by atoms with E-state index in [-0.39, 0.29) is 17.6 Å². The minimum Gasteiger partial charge on any atom is -0.369 e. The molecule has 0 spiro atoms. The number of hydrogen-bond acceptors (Lipinski definition) is 3. The lowest BCUT2D eigenvalue weighted by Gasteiger charge is -2.30. The SMILES string of the molecule is CCNC(=NCc1ccc(F)c(C)c1)NCCCCN1CCC(C(N)=O)CC1. The number of hydrogen-bond donors (Lipinski definition) is 3. The molecule has 1 aromatic rings. The summed E-state index contributed by atoms with van der Waals surface area (Å²) in [5, 5.41) is 6.61. The first-order chi connectivity index (χ1) is 13.5. The second kappa shape index (κ2) is 11.6. The third-order valence-corrected chi connectivity index (χ3v) is 5.17. The molecule has 0 unspecified atom stereocenters. The van der Waals surface area contributed by atoms with Gasteiger partial charge in [0.05, 0.1) is 6.54 Å². The van der Waals surface area contributed by atoms with E-state index in [0.29, 0.717) is 12.1 Å². The van der Waals surface area contributed by atoms with Gasteiger partial charge in [0.1, 0.15) is 5.82 Å². The fourth-order valence-electron chi connectivity index (χ4n) is 3.43. The maximum Gasteiger partial charge on any atom is 0.220 e. The summed E-state index contributed by atoms with van der Waals surface area (Å²) >= 11 is 0. The van der Waals surface area contributed by atoms with Gasteiger partial charge in [-0.25, -0.2) is 9.38 Å². The normalized spacial score (nSPS) is 16.2. The molecule has 0 bridgehead atoms. The third-order valence-electron chi connectivity index (χ3n) is 5.17. The number of unbranched alkanes of at least 4 members (excludes halogenated alkanes) is 1. The van der Waals surface area contributed by atoms with Crippen LogP contribution >= 0.6 is 0 Å². The van der Waals surface area contributed by atoms with E-state index in [9.17, 15) is 9.18 Å². The van der Waals surface area contributed by atoms with Crippen LogP contribution < -0.4 is 16.4 Å². The summed E-state index contributed by atoms with van der Waals surface area (Å²) in [6, 6.07) is 5.10. The van der Waals surface area contributed by atoms with Crippen LogP contribution in [-0.4, -0.2) is 49.5 Å². The van der Waals surface area contributed by atoms with E-state index < -0.39 is 0 Å². The van der Waals surface area contributed by atoms with Gasteiger partial charge in [0, 0.05) is 19.0 Å². The zero-order valence-electron chi connectivity index (χ0n) is 17.1. The Hall–Kier alpha value is -2.15. The van der Waals surface area contributed by atoms with Crippen LogP contribution in [0.3, 0.4) is 0 Å². The molecule has 1 heterocycles. The summed E-state index contributed by atoms with van der Waals surface area (Å²) in [6.45, 7) is 8.94. The number of benzene rings is 1. The number of nitrogens with zero attached hydrogens (tertiary/aromatic N) is 2. The molecule has 7 heteroatoms. The lowest BCUT2D eigenvalue weighted by Crippen LogP contribution is -2.39. The number of aryl methyl sites for hydroxylation is 1. The molecule has 1 aliphatic heterocycles. The van der Waals surface area contributed by atoms with Crippen molar-refractivity contribution in [3.8, 4) is 0 Å². The number of guanidine groups is 1. The Morgan fingerprint density at radius 3 is 2.68 bits per heavy atom. The highest BCUT2D eigenvalue weighted by Gasteiger charge is 2.22. The van der Waals surface area contributed by atoms with E-state index in [4.69, 9.17) is 5.73 Å². The number of aliphatic imine (C=N–C) groups is 1. The van der Waals surface area contributed by atoms with Crippen molar-refractivity contribution in [3.63, 3.8) is 0 Å². The molecule has 0 saturated carbocycles. The Balaban J connectivity index is 1.67. The minimum absolute atomic E-state index is 0.0571. The highest BCUT2D eigenvalue weighted by molar-refractivity contribution is 5.79. The maximum absolute atomic E-state index is 13.4. The molecular formula is C21H34FN5O. The number of halogens is 1. The molecule has 0 aliphatic carbocycles. The van der Waals surface area contributed by atoms with Crippen LogP contribution in [0.2, 0.25) is 0 Å². The Morgan fingerprint density at radius 1 is 1.29 bits per heavy atom. The number of piperidine rings is 1. The molecule has 1 fully saturated rings. The number of amides is 1. The first-order valence-corrected chi connectivity index (χ1v) is 10.3. The topological polar surface area (TPSA) is 82.8 Å². The predicted octanol–water partition coefficient (Wildman–Crippen LogP) is 2.17. The summed E-state index contributed by atoms with van der Waals surface area (Å²) in [6.07, 6.45) is 3.92. The molecule has 4 N–H and O–H groups in total. The van der Waals surface area contributed by atoms with Gasteiger partial charge in [-0.3, -0.25) is 4.79 Å². The van der Waals surface area contributed by atoms with E-state index in [0.717, 1.165) is 69.9 Å². The van der Waals surface area contributed by atoms with Crippen molar-refractivity contribution in [1.82, 2.24) is 15.5 Å². The lowest BCUT2D eigenvalue weighted by atomic mass is 9.96. The molecule has 0 radical (unpaired) electrons. The van der Waals surface area contributed by atoms with Gasteiger partial charge in [-0.05, 0) is 76.4 Å². The predicted molar refractivity (Wildman–Crippen MR) is 112 cm³/mol. The van der Waals surface area contributed by atoms with Gasteiger partial charge in [0.2, 0.25) is 5.91 Å². The van der Waals surface area contributed by atoms with Crippen molar-refractivity contribution in [2.75, 3.05) is 32.7 Å². The molecule has 0 atom stereocenters. The largest absolute Gasteiger partial charge is 0.369 e. The van der Waals surface area contributed by atoms with Crippen LogP contribution in [0.1, 0.15) is 43.7 Å². The monoisotopic (exact) mass is 391 g/mol. The number of nitrogens with two attached hydrogens (primary N) is 1. The van der Waals surface area contributed by atoms with Gasteiger partial charge >= 0.3 is 0 Å². The molecule has 6 nitrogen and oxygen atoms in total. The highest BCUT2D eigenvalue weighted by Crippen LogP contribution is 2.16. The number of likely N-dealkylation sites (tertiary alicyclic amines) is 1. The Bertz CT molecular complexity index is 656. The van der Waals surface area contributed by atoms with E-state index in [2.05, 4.69) is 20.5 Å². The van der Waals surface area contributed by atoms with Crippen LogP contribution in [-0.2, 0) is 11.3 Å². The summed E-state index contributed by atoms with van der Waals surface area (Å²) in [7, 11) is 0. The first kappa shape index (κ1) is 22.1. The molecular weight excluding hydrogens is 357 g/mol. The van der Waals surface area contributed by atoms with Crippen LogP contribution in [0.4, 0.5) is 4.39 Å². The van der Waals surface area contributed by atoms with Gasteiger partial charge in [-0.1, -0.05) is 12.1 Å². The third kappa shape index (κ3) is 7.46. The molecule has 1 aliphatic rings. The van der Waals surface area contributed by atoms with Gasteiger partial charge in [0.15, 0.2) is 5.96 Å². The quantitative estimate of drug-likeness (QED) is 0.342. The smallest absolute Gasteiger partial charge is 0.220 e. The molecule has 28 heavy (non-hydrogen) atoms. The van der Waals surface area contributed by atoms with E-state index in [1.54, 1.807) is 13.0 Å². The van der Waals surface area contributed by atoms with Crippen molar-refractivity contribution in [2.24, 2.45) is 16.6 Å².